The van der Waals surface area contributed by atoms with E-state index in [0.717, 1.165) is 12.5 Å². The monoisotopic (exact) mass is 267 g/mol. The van der Waals surface area contributed by atoms with Crippen molar-refractivity contribution >= 4 is 15.9 Å². The Labute approximate surface area is 100 Å². The molecule has 0 amide bonds. The van der Waals surface area contributed by atoms with Crippen LogP contribution in [0.25, 0.3) is 0 Å². The highest BCUT2D eigenvalue weighted by Crippen LogP contribution is 2.32. The summed E-state index contributed by atoms with van der Waals surface area (Å²) in [6.07, 6.45) is 2.63. The van der Waals surface area contributed by atoms with E-state index in [1.165, 1.54) is 29.4 Å². The zero-order chi connectivity index (χ0) is 10.7. The first-order valence-corrected chi connectivity index (χ1v) is 6.56. The molecule has 0 radical (unpaired) electrons. The first kappa shape index (κ1) is 11.2. The topological polar surface area (TPSA) is 12.0 Å². The lowest BCUT2D eigenvalue weighted by molar-refractivity contribution is 0.473. The van der Waals surface area contributed by atoms with E-state index >= 15 is 0 Å². The lowest BCUT2D eigenvalue weighted by Gasteiger charge is -2.18. The molecule has 0 bridgehead atoms. The third-order valence-electron chi connectivity index (χ3n) is 3.28. The highest BCUT2D eigenvalue weighted by atomic mass is 79.9. The third-order valence-corrected chi connectivity index (χ3v) is 3.77. The molecular weight excluding hydrogens is 250 g/mol. The van der Waals surface area contributed by atoms with Crippen LogP contribution >= 0.6 is 15.9 Å². The van der Waals surface area contributed by atoms with Gasteiger partial charge in [-0.1, -0.05) is 41.4 Å². The van der Waals surface area contributed by atoms with Crippen molar-refractivity contribution < 1.29 is 0 Å². The van der Waals surface area contributed by atoms with E-state index in [9.17, 15) is 0 Å². The van der Waals surface area contributed by atoms with Gasteiger partial charge in [0.25, 0.3) is 0 Å². The van der Waals surface area contributed by atoms with E-state index in [0.29, 0.717) is 5.92 Å². The van der Waals surface area contributed by atoms with E-state index in [2.05, 4.69) is 52.4 Å². The van der Waals surface area contributed by atoms with Crippen LogP contribution in [0.1, 0.15) is 31.2 Å². The molecular formula is C13H18BrN. The van der Waals surface area contributed by atoms with E-state index in [4.69, 9.17) is 0 Å². The maximum Gasteiger partial charge on any atom is 0.0178 e. The van der Waals surface area contributed by atoms with E-state index in [-0.39, 0.29) is 0 Å². The van der Waals surface area contributed by atoms with Crippen LogP contribution in [-0.4, -0.2) is 13.1 Å². The minimum absolute atomic E-state index is 0.711. The van der Waals surface area contributed by atoms with Crippen LogP contribution in [0, 0.1) is 5.92 Å². The molecule has 0 aliphatic carbocycles. The number of rotatable bonds is 3. The Morgan fingerprint density at radius 1 is 1.40 bits per heavy atom. The quantitative estimate of drug-likeness (QED) is 0.884. The summed E-state index contributed by atoms with van der Waals surface area (Å²) in [6.45, 7) is 4.60. The van der Waals surface area contributed by atoms with E-state index in [1.54, 1.807) is 0 Å². The lowest BCUT2D eigenvalue weighted by atomic mass is 9.86. The SMILES string of the molecule is CCC[C@@H]1CNC[C@H]1c1cccc(Br)c1. The zero-order valence-corrected chi connectivity index (χ0v) is 10.8. The Bertz CT molecular complexity index is 324. The highest BCUT2D eigenvalue weighted by Gasteiger charge is 2.27. The summed E-state index contributed by atoms with van der Waals surface area (Å²) < 4.78 is 1.20. The van der Waals surface area contributed by atoms with Crippen molar-refractivity contribution in [1.29, 1.82) is 0 Å². The van der Waals surface area contributed by atoms with Crippen LogP contribution in [0.2, 0.25) is 0 Å². The largest absolute Gasteiger partial charge is 0.316 e. The molecule has 1 aromatic carbocycles. The van der Waals surface area contributed by atoms with Gasteiger partial charge in [-0.15, -0.1) is 0 Å². The summed E-state index contributed by atoms with van der Waals surface area (Å²) in [4.78, 5) is 0. The Balaban J connectivity index is 2.15. The average Bonchev–Trinajstić information content (AvgIpc) is 2.66. The van der Waals surface area contributed by atoms with E-state index < -0.39 is 0 Å². The smallest absolute Gasteiger partial charge is 0.0178 e. The van der Waals surface area contributed by atoms with Gasteiger partial charge in [-0.3, -0.25) is 0 Å². The molecule has 1 heterocycles. The van der Waals surface area contributed by atoms with Gasteiger partial charge < -0.3 is 5.32 Å². The molecule has 0 unspecified atom stereocenters. The molecule has 82 valence electrons. The normalized spacial score (nSPS) is 25.7. The molecule has 0 saturated carbocycles. The van der Waals surface area contributed by atoms with Gasteiger partial charge >= 0.3 is 0 Å². The predicted octanol–water partition coefficient (Wildman–Crippen LogP) is 3.55. The first-order valence-electron chi connectivity index (χ1n) is 5.77. The van der Waals surface area contributed by atoms with Crippen LogP contribution in [0.5, 0.6) is 0 Å². The van der Waals surface area contributed by atoms with Crippen molar-refractivity contribution in [3.05, 3.63) is 34.3 Å². The molecule has 1 nitrogen and oxygen atoms in total. The number of hydrogen-bond acceptors (Lipinski definition) is 1. The molecule has 1 saturated heterocycles. The van der Waals surface area contributed by atoms with Crippen LogP contribution in [0.3, 0.4) is 0 Å². The summed E-state index contributed by atoms with van der Waals surface area (Å²) in [5, 5.41) is 3.51. The average molecular weight is 268 g/mol. The second kappa shape index (κ2) is 5.13. The van der Waals surface area contributed by atoms with Gasteiger partial charge in [-0.2, -0.15) is 0 Å². The van der Waals surface area contributed by atoms with Gasteiger partial charge in [0, 0.05) is 16.9 Å². The number of hydrogen-bond donors (Lipinski definition) is 1. The molecule has 1 aromatic rings. The maximum atomic E-state index is 3.55. The van der Waals surface area contributed by atoms with Gasteiger partial charge in [0.1, 0.15) is 0 Å². The van der Waals surface area contributed by atoms with Crippen molar-refractivity contribution in [1.82, 2.24) is 5.32 Å². The van der Waals surface area contributed by atoms with Crippen molar-refractivity contribution in [2.75, 3.05) is 13.1 Å². The molecule has 2 atom stereocenters. The minimum Gasteiger partial charge on any atom is -0.316 e. The van der Waals surface area contributed by atoms with Crippen molar-refractivity contribution in [3.8, 4) is 0 Å². The molecule has 1 fully saturated rings. The number of nitrogens with one attached hydrogen (secondary N) is 1. The fourth-order valence-corrected chi connectivity index (χ4v) is 2.95. The Kier molecular flexibility index (Phi) is 3.81. The molecule has 2 rings (SSSR count). The summed E-state index contributed by atoms with van der Waals surface area (Å²) in [5.41, 5.74) is 1.48. The Morgan fingerprint density at radius 2 is 2.27 bits per heavy atom. The highest BCUT2D eigenvalue weighted by molar-refractivity contribution is 9.10. The number of halogens is 1. The predicted molar refractivity (Wildman–Crippen MR) is 68.2 cm³/mol. The summed E-state index contributed by atoms with van der Waals surface area (Å²) in [6, 6.07) is 8.76. The van der Waals surface area contributed by atoms with Crippen LogP contribution in [0.4, 0.5) is 0 Å². The summed E-state index contributed by atoms with van der Waals surface area (Å²) in [7, 11) is 0. The second-order valence-electron chi connectivity index (χ2n) is 4.37. The van der Waals surface area contributed by atoms with Crippen molar-refractivity contribution in [3.63, 3.8) is 0 Å². The van der Waals surface area contributed by atoms with Gasteiger partial charge in [0.15, 0.2) is 0 Å². The minimum atomic E-state index is 0.711. The lowest BCUT2D eigenvalue weighted by Crippen LogP contribution is -2.10. The molecule has 0 spiro atoms. The third kappa shape index (κ3) is 2.61. The van der Waals surface area contributed by atoms with Crippen molar-refractivity contribution in [2.24, 2.45) is 5.92 Å². The molecule has 15 heavy (non-hydrogen) atoms. The van der Waals surface area contributed by atoms with Gasteiger partial charge in [0.05, 0.1) is 0 Å². The standard InChI is InChI=1S/C13H18BrN/c1-2-4-11-8-15-9-13(11)10-5-3-6-12(14)7-10/h3,5-7,11,13,15H,2,4,8-9H2,1H3/t11-,13+/m1/s1. The Hall–Kier alpha value is -0.340. The number of benzene rings is 1. The summed E-state index contributed by atoms with van der Waals surface area (Å²) >= 11 is 3.55. The van der Waals surface area contributed by atoms with Crippen LogP contribution < -0.4 is 5.32 Å². The molecule has 1 aliphatic rings. The van der Waals surface area contributed by atoms with Gasteiger partial charge in [-0.25, -0.2) is 0 Å². The van der Waals surface area contributed by atoms with Gasteiger partial charge in [-0.05, 0) is 36.6 Å². The van der Waals surface area contributed by atoms with Crippen LogP contribution in [-0.2, 0) is 0 Å². The second-order valence-corrected chi connectivity index (χ2v) is 5.28. The summed E-state index contributed by atoms with van der Waals surface area (Å²) in [5.74, 6) is 1.53. The maximum absolute atomic E-state index is 3.55. The molecule has 1 aliphatic heterocycles. The van der Waals surface area contributed by atoms with Gasteiger partial charge in [0.2, 0.25) is 0 Å². The molecule has 1 N–H and O–H groups in total. The van der Waals surface area contributed by atoms with E-state index in [1.807, 2.05) is 0 Å². The fourth-order valence-electron chi connectivity index (χ4n) is 2.53. The first-order chi connectivity index (χ1) is 7.31. The van der Waals surface area contributed by atoms with Crippen molar-refractivity contribution in [2.45, 2.75) is 25.7 Å². The molecule has 2 heteroatoms. The van der Waals surface area contributed by atoms with Crippen LogP contribution in [0.15, 0.2) is 28.7 Å². The Morgan fingerprint density at radius 3 is 3.00 bits per heavy atom. The fraction of sp³-hybridized carbons (Fsp3) is 0.538. The zero-order valence-electron chi connectivity index (χ0n) is 9.17. The molecule has 0 aromatic heterocycles.